The maximum Gasteiger partial charge on any atom is 0.256 e. The average Bonchev–Trinajstić information content (AvgIpc) is 3.28. The lowest BCUT2D eigenvalue weighted by atomic mass is 10.0. The zero-order valence-electron chi connectivity index (χ0n) is 16.0. The summed E-state index contributed by atoms with van der Waals surface area (Å²) < 4.78 is 26.3. The molecule has 3 rings (SSSR count). The molecule has 0 aliphatic carbocycles. The first kappa shape index (κ1) is 21.6. The minimum atomic E-state index is -3.46. The molecule has 0 bridgehead atoms. The number of thiophene rings is 1. The van der Waals surface area contributed by atoms with Crippen LogP contribution in [-0.2, 0) is 15.8 Å². The van der Waals surface area contributed by atoms with E-state index in [0.29, 0.717) is 21.7 Å². The van der Waals surface area contributed by atoms with Gasteiger partial charge in [-0.3, -0.25) is 9.59 Å². The van der Waals surface area contributed by atoms with Crippen molar-refractivity contribution in [3.8, 4) is 0 Å². The lowest BCUT2D eigenvalue weighted by molar-refractivity contribution is 0.0998. The van der Waals surface area contributed by atoms with Crippen molar-refractivity contribution < 1.29 is 18.0 Å². The minimum Gasteiger partial charge on any atom is -0.322 e. The number of benzene rings is 2. The van der Waals surface area contributed by atoms with Gasteiger partial charge in [0.15, 0.2) is 0 Å². The first-order chi connectivity index (χ1) is 14.4. The van der Waals surface area contributed by atoms with E-state index in [1.165, 1.54) is 17.4 Å². The van der Waals surface area contributed by atoms with Crippen LogP contribution >= 0.6 is 11.3 Å². The first-order valence-corrected chi connectivity index (χ1v) is 11.6. The van der Waals surface area contributed by atoms with Crippen molar-refractivity contribution in [1.82, 2.24) is 4.72 Å². The van der Waals surface area contributed by atoms with Crippen molar-refractivity contribution in [2.45, 2.75) is 5.75 Å². The van der Waals surface area contributed by atoms with Crippen LogP contribution in [0.2, 0.25) is 0 Å². The predicted octanol–water partition coefficient (Wildman–Crippen LogP) is 3.84. The molecule has 0 radical (unpaired) electrons. The zero-order valence-corrected chi connectivity index (χ0v) is 17.6. The van der Waals surface area contributed by atoms with E-state index in [0.717, 1.165) is 0 Å². The Kier molecular flexibility index (Phi) is 6.94. The normalized spacial score (nSPS) is 11.1. The quantitative estimate of drug-likeness (QED) is 0.391. The number of carbonyl (C=O) groups is 2. The number of rotatable bonds is 9. The van der Waals surface area contributed by atoms with Gasteiger partial charge in [0.1, 0.15) is 0 Å². The maximum atomic E-state index is 12.8. The van der Waals surface area contributed by atoms with Gasteiger partial charge in [-0.15, -0.1) is 17.9 Å². The number of hydrogen-bond acceptors (Lipinski definition) is 5. The van der Waals surface area contributed by atoms with E-state index in [1.54, 1.807) is 60.7 Å². The van der Waals surface area contributed by atoms with Crippen molar-refractivity contribution in [2.24, 2.45) is 0 Å². The number of ketones is 1. The van der Waals surface area contributed by atoms with Crippen LogP contribution < -0.4 is 10.0 Å². The van der Waals surface area contributed by atoms with Crippen LogP contribution in [0, 0.1) is 0 Å². The molecule has 0 saturated carbocycles. The highest BCUT2D eigenvalue weighted by Gasteiger charge is 2.19. The number of sulfonamides is 1. The molecule has 0 saturated heterocycles. The number of amides is 1. The van der Waals surface area contributed by atoms with E-state index in [1.807, 2.05) is 5.38 Å². The van der Waals surface area contributed by atoms with Crippen molar-refractivity contribution in [3.05, 3.63) is 100 Å². The van der Waals surface area contributed by atoms with E-state index in [9.17, 15) is 18.0 Å². The largest absolute Gasteiger partial charge is 0.322 e. The van der Waals surface area contributed by atoms with Crippen LogP contribution in [0.5, 0.6) is 0 Å². The molecule has 0 spiro atoms. The summed E-state index contributed by atoms with van der Waals surface area (Å²) in [6.07, 6.45) is 1.47. The molecule has 154 valence electrons. The number of carbonyl (C=O) groups excluding carboxylic acids is 2. The van der Waals surface area contributed by atoms with Crippen molar-refractivity contribution in [2.75, 3.05) is 11.9 Å². The number of nitrogens with one attached hydrogen (secondary N) is 2. The second-order valence-electron chi connectivity index (χ2n) is 6.40. The van der Waals surface area contributed by atoms with Gasteiger partial charge < -0.3 is 5.32 Å². The molecule has 0 aliphatic rings. The van der Waals surface area contributed by atoms with E-state index in [2.05, 4.69) is 16.6 Å². The first-order valence-electron chi connectivity index (χ1n) is 9.05. The van der Waals surface area contributed by atoms with Gasteiger partial charge in [0, 0.05) is 17.8 Å². The maximum absolute atomic E-state index is 12.8. The second kappa shape index (κ2) is 9.62. The number of anilines is 1. The van der Waals surface area contributed by atoms with E-state index >= 15 is 0 Å². The summed E-state index contributed by atoms with van der Waals surface area (Å²) in [5.41, 5.74) is 1.68. The molecule has 1 amide bonds. The van der Waals surface area contributed by atoms with Crippen LogP contribution in [-0.4, -0.2) is 26.7 Å². The highest BCUT2D eigenvalue weighted by molar-refractivity contribution is 7.88. The summed E-state index contributed by atoms with van der Waals surface area (Å²) in [5, 5.41) is 4.57. The fourth-order valence-corrected chi connectivity index (χ4v) is 4.54. The Hall–Kier alpha value is -3.07. The zero-order chi connectivity index (χ0) is 21.6. The molecule has 0 atom stereocenters. The van der Waals surface area contributed by atoms with Gasteiger partial charge in [-0.2, -0.15) is 0 Å². The Bertz CT molecular complexity index is 1150. The second-order valence-corrected chi connectivity index (χ2v) is 9.15. The summed E-state index contributed by atoms with van der Waals surface area (Å²) in [5.74, 6) is -0.792. The monoisotopic (exact) mass is 440 g/mol. The molecule has 8 heteroatoms. The molecule has 6 nitrogen and oxygen atoms in total. The van der Waals surface area contributed by atoms with Gasteiger partial charge in [0.2, 0.25) is 15.8 Å². The lowest BCUT2D eigenvalue weighted by Crippen LogP contribution is -2.25. The smallest absolute Gasteiger partial charge is 0.256 e. The van der Waals surface area contributed by atoms with Gasteiger partial charge in [0.05, 0.1) is 16.2 Å². The highest BCUT2D eigenvalue weighted by atomic mass is 32.2. The van der Waals surface area contributed by atoms with Crippen molar-refractivity contribution in [1.29, 1.82) is 0 Å². The molecule has 0 fully saturated rings. The molecule has 2 N–H and O–H groups in total. The highest BCUT2D eigenvalue weighted by Crippen LogP contribution is 2.20. The van der Waals surface area contributed by atoms with Gasteiger partial charge in [-0.25, -0.2) is 13.1 Å². The summed E-state index contributed by atoms with van der Waals surface area (Å²) >= 11 is 1.32. The summed E-state index contributed by atoms with van der Waals surface area (Å²) in [6.45, 7) is 3.65. The van der Waals surface area contributed by atoms with Crippen LogP contribution in [0.4, 0.5) is 5.69 Å². The van der Waals surface area contributed by atoms with Gasteiger partial charge >= 0.3 is 0 Å². The summed E-state index contributed by atoms with van der Waals surface area (Å²) in [7, 11) is -3.46. The molecular formula is C22H20N2O4S2. The van der Waals surface area contributed by atoms with E-state index in [4.69, 9.17) is 0 Å². The number of hydrogen-bond donors (Lipinski definition) is 2. The Morgan fingerprint density at radius 3 is 2.30 bits per heavy atom. The van der Waals surface area contributed by atoms with Gasteiger partial charge in [-0.05, 0) is 35.2 Å². The Balaban J connectivity index is 1.73. The molecule has 1 aromatic heterocycles. The summed E-state index contributed by atoms with van der Waals surface area (Å²) in [6, 6.07) is 16.7. The van der Waals surface area contributed by atoms with Crippen LogP contribution in [0.15, 0.2) is 78.7 Å². The fourth-order valence-electron chi connectivity index (χ4n) is 2.76. The third-order valence-corrected chi connectivity index (χ3v) is 6.37. The summed E-state index contributed by atoms with van der Waals surface area (Å²) in [4.78, 5) is 26.0. The van der Waals surface area contributed by atoms with Crippen LogP contribution in [0.25, 0.3) is 0 Å². The van der Waals surface area contributed by atoms with Crippen molar-refractivity contribution >= 4 is 38.7 Å². The predicted molar refractivity (Wildman–Crippen MR) is 119 cm³/mol. The third kappa shape index (κ3) is 5.50. The lowest BCUT2D eigenvalue weighted by Gasteiger charge is -2.10. The van der Waals surface area contributed by atoms with E-state index < -0.39 is 15.9 Å². The molecule has 1 heterocycles. The van der Waals surface area contributed by atoms with E-state index in [-0.39, 0.29) is 23.6 Å². The Morgan fingerprint density at radius 2 is 1.67 bits per heavy atom. The molecule has 0 unspecified atom stereocenters. The fraction of sp³-hybridized carbons (Fsp3) is 0.0909. The van der Waals surface area contributed by atoms with Crippen LogP contribution in [0.3, 0.4) is 0 Å². The molecule has 30 heavy (non-hydrogen) atoms. The van der Waals surface area contributed by atoms with Gasteiger partial charge in [0.25, 0.3) is 5.91 Å². The molecular weight excluding hydrogens is 420 g/mol. The standard InChI is InChI=1S/C22H20N2O4S2/c1-2-13-23-30(27,28)15-16-9-11-17(12-10-16)24-22(26)19-7-4-3-6-18(19)21(25)20-8-5-14-29-20/h2-12,14,23H,1,13,15H2,(H,24,26). The topological polar surface area (TPSA) is 92.3 Å². The SMILES string of the molecule is C=CCNS(=O)(=O)Cc1ccc(NC(=O)c2ccccc2C(=O)c2cccs2)cc1. The Labute approximate surface area is 179 Å². The van der Waals surface area contributed by atoms with Crippen LogP contribution in [0.1, 0.15) is 31.2 Å². The van der Waals surface area contributed by atoms with Crippen molar-refractivity contribution in [3.63, 3.8) is 0 Å². The Morgan fingerprint density at radius 1 is 0.967 bits per heavy atom. The third-order valence-electron chi connectivity index (χ3n) is 4.18. The molecule has 0 aliphatic heterocycles. The molecule has 3 aromatic rings. The minimum absolute atomic E-state index is 0.167. The average molecular weight is 441 g/mol. The van der Waals surface area contributed by atoms with Gasteiger partial charge in [-0.1, -0.05) is 42.5 Å². The molecule has 2 aromatic carbocycles.